The molecule has 0 spiro atoms. The summed E-state index contributed by atoms with van der Waals surface area (Å²) in [6.45, 7) is 0.0614. The molecule has 58 heavy (non-hydrogen) atoms. The number of ether oxygens (including phenoxy) is 3. The predicted octanol–water partition coefficient (Wildman–Crippen LogP) is 6.71. The number of aliphatic hydroxyl groups excluding tert-OH is 1. The van der Waals surface area contributed by atoms with Crippen LogP contribution < -0.4 is 5.32 Å². The second-order valence-electron chi connectivity index (χ2n) is 14.0. The number of alkyl carbamates (subject to hydrolysis) is 1. The number of carbonyl (C=O) groups excluding carboxylic acids is 3. The molecule has 3 heterocycles. The normalized spacial score (nSPS) is 19.3. The Bertz CT molecular complexity index is 2360. The Morgan fingerprint density at radius 3 is 2.31 bits per heavy atom. The van der Waals surface area contributed by atoms with Crippen molar-refractivity contribution in [1.82, 2.24) is 30.4 Å². The van der Waals surface area contributed by atoms with Crippen molar-refractivity contribution < 1.29 is 33.7 Å². The lowest BCUT2D eigenvalue weighted by molar-refractivity contribution is -0.245. The van der Waals surface area contributed by atoms with E-state index in [-0.39, 0.29) is 44.3 Å². The van der Waals surface area contributed by atoms with Gasteiger partial charge in [0, 0.05) is 17.7 Å². The zero-order valence-electron chi connectivity index (χ0n) is 31.3. The van der Waals surface area contributed by atoms with Crippen molar-refractivity contribution in [2.24, 2.45) is 0 Å². The lowest BCUT2D eigenvalue weighted by Crippen LogP contribution is -2.41. The van der Waals surface area contributed by atoms with Gasteiger partial charge in [0.2, 0.25) is 11.1 Å². The highest BCUT2D eigenvalue weighted by molar-refractivity contribution is 7.99. The molecule has 0 aliphatic carbocycles. The van der Waals surface area contributed by atoms with Gasteiger partial charge in [-0.2, -0.15) is 4.68 Å². The van der Waals surface area contributed by atoms with E-state index in [1.807, 2.05) is 133 Å². The van der Waals surface area contributed by atoms with Gasteiger partial charge in [0.15, 0.2) is 6.29 Å². The van der Waals surface area contributed by atoms with Crippen molar-refractivity contribution >= 4 is 29.7 Å². The van der Waals surface area contributed by atoms with Crippen molar-refractivity contribution in [3.05, 3.63) is 161 Å². The summed E-state index contributed by atoms with van der Waals surface area (Å²) < 4.78 is 20.2. The Kier molecular flexibility index (Phi) is 12.0. The first-order chi connectivity index (χ1) is 28.4. The molecule has 13 nitrogen and oxygen atoms in total. The van der Waals surface area contributed by atoms with Crippen LogP contribution in [0.3, 0.4) is 0 Å². The average Bonchev–Trinajstić information content (AvgIpc) is 3.85. The fourth-order valence-corrected chi connectivity index (χ4v) is 7.86. The number of imide groups is 1. The first kappa shape index (κ1) is 38.7. The number of carbonyl (C=O) groups is 3. The van der Waals surface area contributed by atoms with Crippen molar-refractivity contribution in [1.29, 1.82) is 0 Å². The summed E-state index contributed by atoms with van der Waals surface area (Å²) in [7, 11) is 0. The highest BCUT2D eigenvalue weighted by Gasteiger charge is 2.40. The molecule has 2 aliphatic heterocycles. The van der Waals surface area contributed by atoms with Gasteiger partial charge in [-0.15, -0.1) is 5.10 Å². The van der Waals surface area contributed by atoms with E-state index >= 15 is 0 Å². The molecule has 2 fully saturated rings. The summed E-state index contributed by atoms with van der Waals surface area (Å²) >= 11 is 1.51. The summed E-state index contributed by atoms with van der Waals surface area (Å²) in [5.74, 6) is -0.285. The largest absolute Gasteiger partial charge is 0.445 e. The molecule has 4 atom stereocenters. The van der Waals surface area contributed by atoms with Crippen LogP contribution in [0.15, 0.2) is 139 Å². The first-order valence-electron chi connectivity index (χ1n) is 18.9. The number of likely N-dealkylation sites (tertiary alicyclic amines) is 1. The fraction of sp³-hybridized carbons (Fsp3) is 0.227. The number of thioether (sulfide) groups is 1. The third-order valence-electron chi connectivity index (χ3n) is 9.96. The van der Waals surface area contributed by atoms with Crippen LogP contribution in [-0.2, 0) is 43.6 Å². The molecule has 0 bridgehead atoms. The number of rotatable bonds is 13. The van der Waals surface area contributed by atoms with Gasteiger partial charge in [-0.25, -0.2) is 4.79 Å². The number of aromatic nitrogens is 4. The number of aliphatic hydroxyl groups is 1. The Balaban J connectivity index is 0.958. The summed E-state index contributed by atoms with van der Waals surface area (Å²) in [5, 5.41) is 25.2. The second-order valence-corrected chi connectivity index (χ2v) is 15.0. The van der Waals surface area contributed by atoms with Gasteiger partial charge in [-0.05, 0) is 68.1 Å². The third-order valence-corrected chi connectivity index (χ3v) is 11.0. The first-order valence-corrected chi connectivity index (χ1v) is 19.9. The van der Waals surface area contributed by atoms with Gasteiger partial charge in [0.05, 0.1) is 37.5 Å². The van der Waals surface area contributed by atoms with Crippen molar-refractivity contribution in [3.63, 3.8) is 0 Å². The number of amides is 3. The Morgan fingerprint density at radius 2 is 1.53 bits per heavy atom. The number of hydrogen-bond donors (Lipinski definition) is 2. The monoisotopic (exact) mass is 796 g/mol. The topological polar surface area (TPSA) is 158 Å². The van der Waals surface area contributed by atoms with Crippen molar-refractivity contribution in [2.75, 3.05) is 5.75 Å². The van der Waals surface area contributed by atoms with Crippen LogP contribution >= 0.6 is 11.8 Å². The van der Waals surface area contributed by atoms with Crippen molar-refractivity contribution in [2.45, 2.75) is 62.3 Å². The molecule has 1 unspecified atom stereocenters. The zero-order valence-corrected chi connectivity index (χ0v) is 32.1. The second kappa shape index (κ2) is 17.9. The van der Waals surface area contributed by atoms with E-state index < -0.39 is 24.3 Å². The van der Waals surface area contributed by atoms with E-state index in [1.165, 1.54) is 16.7 Å². The minimum Gasteiger partial charge on any atom is -0.445 e. The Morgan fingerprint density at radius 1 is 0.810 bits per heavy atom. The molecule has 0 radical (unpaired) electrons. The predicted molar refractivity (Wildman–Crippen MR) is 214 cm³/mol. The van der Waals surface area contributed by atoms with E-state index in [1.54, 1.807) is 4.68 Å². The molecule has 6 aromatic rings. The van der Waals surface area contributed by atoms with Crippen LogP contribution in [0.5, 0.6) is 0 Å². The number of hydrogen-bond acceptors (Lipinski definition) is 11. The van der Waals surface area contributed by atoms with E-state index in [0.717, 1.165) is 44.6 Å². The average molecular weight is 797 g/mol. The summed E-state index contributed by atoms with van der Waals surface area (Å²) in [6, 6.07) is 41.3. The number of nitrogens with zero attached hydrogens (tertiary/aromatic N) is 5. The molecule has 5 aromatic carbocycles. The van der Waals surface area contributed by atoms with E-state index in [2.05, 4.69) is 20.8 Å². The molecular formula is C44H40N6O7S. The Labute approximate surface area is 338 Å². The molecule has 2 aliphatic rings. The van der Waals surface area contributed by atoms with Crippen LogP contribution in [0.25, 0.3) is 16.8 Å². The molecule has 3 amide bonds. The lowest BCUT2D eigenvalue weighted by Gasteiger charge is -2.36. The molecular weight excluding hydrogens is 757 g/mol. The maximum absolute atomic E-state index is 13.3. The highest BCUT2D eigenvalue weighted by atomic mass is 32.2. The summed E-state index contributed by atoms with van der Waals surface area (Å²) in [5.41, 5.74) is 6.82. The van der Waals surface area contributed by atoms with E-state index in [9.17, 15) is 19.5 Å². The number of tetrazole rings is 1. The minimum absolute atomic E-state index is 0.0463. The quantitative estimate of drug-likeness (QED) is 0.0945. The number of nitrogens with one attached hydrogen (secondary N) is 1. The highest BCUT2D eigenvalue weighted by Crippen LogP contribution is 2.40. The fourth-order valence-electron chi connectivity index (χ4n) is 6.96. The molecule has 2 N–H and O–H groups in total. The summed E-state index contributed by atoms with van der Waals surface area (Å²) in [4.78, 5) is 39.9. The number of benzene rings is 5. The lowest BCUT2D eigenvalue weighted by atomic mass is 9.99. The molecule has 2 saturated heterocycles. The van der Waals surface area contributed by atoms with Crippen molar-refractivity contribution in [3.8, 4) is 16.8 Å². The van der Waals surface area contributed by atoms with Gasteiger partial charge < -0.3 is 24.6 Å². The Hall–Kier alpha value is -6.19. The molecule has 0 saturated carbocycles. The smallest absolute Gasteiger partial charge is 0.408 e. The van der Waals surface area contributed by atoms with E-state index in [0.29, 0.717) is 17.3 Å². The van der Waals surface area contributed by atoms with Crippen LogP contribution in [0.2, 0.25) is 0 Å². The van der Waals surface area contributed by atoms with Gasteiger partial charge in [-0.1, -0.05) is 121 Å². The maximum Gasteiger partial charge on any atom is 0.408 e. The molecule has 294 valence electrons. The van der Waals surface area contributed by atoms with Gasteiger partial charge in [-0.3, -0.25) is 14.5 Å². The SMILES string of the molecule is O=C(NC1CC(=O)N(Cc2cccc(-c3cccc([C@H]4O[C@@H](CSc5nnnn5-c5ccccc5)C[C@@H](c5ccc(CO)cc5)O4)c3)c2)C1=O)OCc1ccccc1. The summed E-state index contributed by atoms with van der Waals surface area (Å²) in [6.07, 6.45) is -1.51. The van der Waals surface area contributed by atoms with Gasteiger partial charge >= 0.3 is 6.09 Å². The van der Waals surface area contributed by atoms with Crippen LogP contribution in [0.1, 0.15) is 53.1 Å². The minimum atomic E-state index is -0.997. The maximum atomic E-state index is 13.3. The molecule has 8 rings (SSSR count). The van der Waals surface area contributed by atoms with Gasteiger partial charge in [0.1, 0.15) is 12.6 Å². The van der Waals surface area contributed by atoms with Crippen LogP contribution in [0, 0.1) is 0 Å². The molecule has 1 aromatic heterocycles. The van der Waals surface area contributed by atoms with Crippen LogP contribution in [0.4, 0.5) is 4.79 Å². The zero-order chi connectivity index (χ0) is 39.8. The van der Waals surface area contributed by atoms with Crippen LogP contribution in [-0.4, -0.2) is 66.0 Å². The number of para-hydroxylation sites is 1. The third kappa shape index (κ3) is 9.16. The van der Waals surface area contributed by atoms with E-state index in [4.69, 9.17) is 14.2 Å². The molecule has 14 heteroatoms. The van der Waals surface area contributed by atoms with Gasteiger partial charge in [0.25, 0.3) is 5.91 Å². The standard InChI is InChI=1S/C44H40N6O7S/c51-26-29-17-19-32(20-18-29)39-23-37(28-58-43-46-47-48-50(43)36-15-5-2-6-16-36)56-42(57-39)35-14-8-13-34(22-35)33-12-7-11-31(21-33)25-49-40(52)24-38(41(49)53)45-44(54)55-27-30-9-3-1-4-10-30/h1-22,37-39,42,51H,23-28H2,(H,45,54)/t37-,38?,39+,42+/m1/s1.